The monoisotopic (exact) mass is 1100 g/mol. The average Bonchev–Trinajstić information content (AvgIpc) is 3.42. The topological polar surface area (TPSA) is 457 Å². The lowest BCUT2D eigenvalue weighted by Crippen LogP contribution is -2.66. The summed E-state index contributed by atoms with van der Waals surface area (Å²) < 4.78 is 58.5. The predicted molar refractivity (Wildman–Crippen MR) is 246 cm³/mol. The molecule has 29 unspecified atom stereocenters. The smallest absolute Gasteiger partial charge is 0.330 e. The van der Waals surface area contributed by atoms with E-state index in [1.165, 1.54) is 6.08 Å². The number of allylic oxidation sites excluding steroid dienone is 1. The van der Waals surface area contributed by atoms with Gasteiger partial charge in [-0.3, -0.25) is 0 Å². The van der Waals surface area contributed by atoms with E-state index in [4.69, 9.17) is 47.4 Å². The molecular formula is C48H79O28+. The molecule has 28 nitrogen and oxygen atoms in total. The summed E-state index contributed by atoms with van der Waals surface area (Å²) in [5, 5.41) is 180. The summed E-state index contributed by atoms with van der Waals surface area (Å²) in [6, 6.07) is 0. The summed E-state index contributed by atoms with van der Waals surface area (Å²) in [5.74, 6) is -2.11. The maximum absolute atomic E-state index is 13.2. The molecule has 0 aromatic heterocycles. The Balaban J connectivity index is 0.985. The van der Waals surface area contributed by atoms with Crippen LogP contribution in [0, 0.1) is 17.8 Å². The number of ether oxygens (including phenoxy) is 10. The molecule has 18 N–H and O–H groups in total. The van der Waals surface area contributed by atoms with E-state index in [1.54, 1.807) is 6.08 Å². The van der Waals surface area contributed by atoms with Gasteiger partial charge in [-0.2, -0.15) is 0 Å². The third kappa shape index (κ3) is 13.4. The van der Waals surface area contributed by atoms with Crippen LogP contribution in [0.3, 0.4) is 0 Å². The van der Waals surface area contributed by atoms with Crippen LogP contribution in [0.1, 0.15) is 64.2 Å². The van der Waals surface area contributed by atoms with Gasteiger partial charge in [-0.15, -0.1) is 0 Å². The number of carbonyl (C=O) groups excluding carboxylic acids is 1. The van der Waals surface area contributed by atoms with Gasteiger partial charge >= 0.3 is 5.97 Å². The summed E-state index contributed by atoms with van der Waals surface area (Å²) in [5.41, 5.74) is 0. The van der Waals surface area contributed by atoms with Crippen molar-refractivity contribution in [1.82, 2.24) is 0 Å². The van der Waals surface area contributed by atoms with Gasteiger partial charge in [-0.1, -0.05) is 6.08 Å². The second-order valence-electron chi connectivity index (χ2n) is 21.7. The third-order valence-electron chi connectivity index (χ3n) is 16.6. The average molecular weight is 1100 g/mol. The van der Waals surface area contributed by atoms with Crippen LogP contribution in [0.5, 0.6) is 0 Å². The molecule has 3 aliphatic carbocycles. The Morgan fingerprint density at radius 3 is 1.55 bits per heavy atom. The first-order chi connectivity index (χ1) is 36.2. The summed E-state index contributed by atoms with van der Waals surface area (Å²) in [6.07, 6.45) is -35.0. The lowest BCUT2D eigenvalue weighted by atomic mass is 9.72. The van der Waals surface area contributed by atoms with Gasteiger partial charge in [0.25, 0.3) is 0 Å². The fourth-order valence-electron chi connectivity index (χ4n) is 12.0. The van der Waals surface area contributed by atoms with Gasteiger partial charge in [0.2, 0.25) is 0 Å². The first-order valence-electron chi connectivity index (χ1n) is 26.4. The molecule has 28 heteroatoms. The van der Waals surface area contributed by atoms with E-state index in [0.717, 1.165) is 0 Å². The number of esters is 1. The first kappa shape index (κ1) is 60.3. The van der Waals surface area contributed by atoms with Crippen molar-refractivity contribution < 1.29 is 139 Å². The van der Waals surface area contributed by atoms with Crippen LogP contribution in [0.15, 0.2) is 12.2 Å². The molecule has 0 spiro atoms. The molecular weight excluding hydrogens is 1020 g/mol. The fourth-order valence-corrected chi connectivity index (χ4v) is 12.0. The minimum Gasteiger partial charge on any atom is -0.460 e. The number of carbonyl (C=O) groups is 1. The number of aliphatic hydroxyl groups excluding tert-OH is 17. The zero-order valence-electron chi connectivity index (χ0n) is 41.6. The molecule has 0 bridgehead atoms. The molecule has 0 aromatic carbocycles. The number of hydrogen-bond donors (Lipinski definition) is 17. The summed E-state index contributed by atoms with van der Waals surface area (Å²) in [7, 11) is 0. The van der Waals surface area contributed by atoms with Gasteiger partial charge < -0.3 is 134 Å². The second-order valence-corrected chi connectivity index (χ2v) is 21.7. The Morgan fingerprint density at radius 1 is 0.487 bits per heavy atom. The molecule has 5 aliphatic heterocycles. The lowest BCUT2D eigenvalue weighted by Gasteiger charge is -2.50. The van der Waals surface area contributed by atoms with Gasteiger partial charge in [0.15, 0.2) is 37.4 Å². The van der Waals surface area contributed by atoms with Crippen LogP contribution in [0.2, 0.25) is 0 Å². The molecule has 3 saturated carbocycles. The van der Waals surface area contributed by atoms with Crippen LogP contribution in [0.25, 0.3) is 0 Å². The highest BCUT2D eigenvalue weighted by Crippen LogP contribution is 2.44. The van der Waals surface area contributed by atoms with Crippen molar-refractivity contribution in [2.75, 3.05) is 26.4 Å². The third-order valence-corrected chi connectivity index (χ3v) is 16.6. The van der Waals surface area contributed by atoms with E-state index in [9.17, 15) is 91.6 Å². The highest BCUT2D eigenvalue weighted by Gasteiger charge is 2.58. The van der Waals surface area contributed by atoms with E-state index in [1.807, 2.05) is 0 Å². The Bertz CT molecular complexity index is 1840. The molecule has 29 atom stereocenters. The van der Waals surface area contributed by atoms with Gasteiger partial charge in [-0.25, -0.2) is 4.79 Å². The minimum absolute atomic E-state index is 0.0142. The van der Waals surface area contributed by atoms with E-state index in [2.05, 4.69) is 0 Å². The second kappa shape index (κ2) is 26.4. The number of hydrogen-bond acceptors (Lipinski definition) is 27. The van der Waals surface area contributed by atoms with Crippen molar-refractivity contribution in [3.05, 3.63) is 12.2 Å². The molecule has 76 heavy (non-hydrogen) atoms. The predicted octanol–water partition coefficient (Wildman–Crippen LogP) is -8.38. The zero-order valence-corrected chi connectivity index (χ0v) is 41.6. The highest BCUT2D eigenvalue weighted by atomic mass is 16.8. The van der Waals surface area contributed by atoms with Crippen molar-refractivity contribution in [3.8, 4) is 0 Å². The van der Waals surface area contributed by atoms with E-state index >= 15 is 0 Å². The van der Waals surface area contributed by atoms with Crippen LogP contribution in [-0.4, -0.2) is 296 Å². The standard InChI is InChI=1S/C48H78O28/c49-13-27-32(56)36(60)40(64)45(72-27)68-20-5-1-17(2-6-20)3-8-31(55)67-16-30-35(59)39(63)44(76-47-42(66)38(62)34(58)29(15-51)74-47)48(75-30)71-26-12-21-24(69-43(26)18-4-7-22(53)23(54)9-18)10-19(52)11-25(21)70-46-41(65)37(61)33(57)28(14-50)73-46/h3,8,17-30,32-54,56-66H,1-2,4-7,9-16H2/p+1. The first-order valence-corrected chi connectivity index (χ1v) is 26.4. The summed E-state index contributed by atoms with van der Waals surface area (Å²) in [4.78, 5) is 13.2. The summed E-state index contributed by atoms with van der Waals surface area (Å²) in [6.45, 7) is -2.85. The van der Waals surface area contributed by atoms with E-state index in [0.29, 0.717) is 32.1 Å². The van der Waals surface area contributed by atoms with E-state index < -0.39 is 216 Å². The van der Waals surface area contributed by atoms with Crippen LogP contribution >= 0.6 is 0 Å². The number of rotatable bonds is 16. The number of fused-ring (bicyclic) bond motifs is 1. The minimum atomic E-state index is -1.99. The molecule has 5 saturated heterocycles. The normalized spacial score (nSPS) is 51.5. The van der Waals surface area contributed by atoms with Gasteiger partial charge in [-0.05, 0) is 57.3 Å². The van der Waals surface area contributed by atoms with Crippen molar-refractivity contribution in [1.29, 1.82) is 0 Å². The zero-order chi connectivity index (χ0) is 54.9. The molecule has 8 rings (SSSR count). The molecule has 0 radical (unpaired) electrons. The molecule has 5 heterocycles. The van der Waals surface area contributed by atoms with Crippen LogP contribution < -0.4 is 0 Å². The molecule has 0 amide bonds. The summed E-state index contributed by atoms with van der Waals surface area (Å²) >= 11 is 0. The van der Waals surface area contributed by atoms with Gasteiger partial charge in [0.1, 0.15) is 110 Å². The van der Waals surface area contributed by atoms with Crippen molar-refractivity contribution in [2.45, 2.75) is 236 Å². The Labute approximate surface area is 436 Å². The maximum Gasteiger partial charge on any atom is 0.330 e. The highest BCUT2D eigenvalue weighted by molar-refractivity contribution is 5.81. The van der Waals surface area contributed by atoms with Crippen LogP contribution in [-0.2, 0) is 47.4 Å². The molecule has 0 aromatic rings. The maximum atomic E-state index is 13.2. The quantitative estimate of drug-likeness (QED) is 0.0388. The van der Waals surface area contributed by atoms with Crippen LogP contribution in [0.4, 0.5) is 0 Å². The molecule has 8 fully saturated rings. The Hall–Kier alpha value is -1.83. The number of aliphatic hydroxyl groups is 19. The largest absolute Gasteiger partial charge is 0.460 e. The van der Waals surface area contributed by atoms with Crippen molar-refractivity contribution in [2.24, 2.45) is 17.8 Å². The van der Waals surface area contributed by atoms with E-state index in [-0.39, 0.29) is 38.0 Å². The van der Waals surface area contributed by atoms with Crippen molar-refractivity contribution in [3.63, 3.8) is 0 Å². The Morgan fingerprint density at radius 2 is 1.00 bits per heavy atom. The lowest BCUT2D eigenvalue weighted by molar-refractivity contribution is -0.390. The van der Waals surface area contributed by atoms with Gasteiger partial charge in [0, 0.05) is 24.8 Å². The van der Waals surface area contributed by atoms with Gasteiger partial charge in [0.05, 0.1) is 56.3 Å². The molecule has 438 valence electrons. The fraction of sp³-hybridized carbons (Fsp3) is 0.938. The van der Waals surface area contributed by atoms with Crippen molar-refractivity contribution >= 4 is 5.97 Å². The SMILES string of the molecule is O=C(C=CC1CCC(OC2OC(CO)C(O)C(O)C2O)CC1)OCC1OC(OC2CC3C(OC4OC(CO)C(O)C(O)C4O)CC(O)CC3[OH+]C2C2CCC(O)C(O)C2)C(OC2OC(CO)C(O)C(O)C2O)C(O)C1O. The Kier molecular flexibility index (Phi) is 20.9. The molecule has 8 aliphatic rings.